The van der Waals surface area contributed by atoms with Crippen LogP contribution in [0.15, 0.2) is 42.5 Å². The molecule has 0 amide bonds. The summed E-state index contributed by atoms with van der Waals surface area (Å²) in [5.74, 6) is 0. The maximum absolute atomic E-state index is 10.7. The van der Waals surface area contributed by atoms with E-state index in [1.54, 1.807) is 0 Å². The van der Waals surface area contributed by atoms with Gasteiger partial charge in [0.1, 0.15) is 6.29 Å². The lowest BCUT2D eigenvalue weighted by Gasteiger charge is -2.07. The van der Waals surface area contributed by atoms with Crippen LogP contribution in [-0.4, -0.2) is 6.29 Å². The Morgan fingerprint density at radius 1 is 1.06 bits per heavy atom. The summed E-state index contributed by atoms with van der Waals surface area (Å²) >= 11 is 0. The molecule has 0 radical (unpaired) electrons. The van der Waals surface area contributed by atoms with Gasteiger partial charge in [0.25, 0.3) is 0 Å². The van der Waals surface area contributed by atoms with Crippen molar-refractivity contribution in [1.29, 1.82) is 0 Å². The Morgan fingerprint density at radius 3 is 2.29 bits per heavy atom. The normalized spacial score (nSPS) is 10.2. The Labute approximate surface area is 102 Å². The molecule has 0 aliphatic heterocycles. The molecule has 2 rings (SSSR count). The molecule has 0 saturated carbocycles. The molecule has 2 aromatic carbocycles. The Kier molecular flexibility index (Phi) is 3.38. The molecule has 0 heterocycles. The summed E-state index contributed by atoms with van der Waals surface area (Å²) in [5.41, 5.74) is 5.61. The average Bonchev–Trinajstić information content (AvgIpc) is 2.39. The van der Waals surface area contributed by atoms with Crippen LogP contribution in [0.5, 0.6) is 0 Å². The first kappa shape index (κ1) is 11.6. The molecule has 2 aromatic rings. The molecule has 0 spiro atoms. The number of aldehydes is 1. The summed E-state index contributed by atoms with van der Waals surface area (Å²) in [4.78, 5) is 10.7. The predicted molar refractivity (Wildman–Crippen MR) is 71.4 cm³/mol. The van der Waals surface area contributed by atoms with Gasteiger partial charge >= 0.3 is 0 Å². The second-order valence-electron chi connectivity index (χ2n) is 4.24. The number of hydrogen-bond donors (Lipinski definition) is 0. The van der Waals surface area contributed by atoms with Gasteiger partial charge in [0.2, 0.25) is 0 Å². The van der Waals surface area contributed by atoms with Crippen LogP contribution >= 0.6 is 0 Å². The van der Waals surface area contributed by atoms with Crippen LogP contribution < -0.4 is 0 Å². The molecular weight excluding hydrogens is 208 g/mol. The molecule has 1 nitrogen and oxygen atoms in total. The summed E-state index contributed by atoms with van der Waals surface area (Å²) < 4.78 is 0. The van der Waals surface area contributed by atoms with E-state index in [2.05, 4.69) is 31.2 Å². The zero-order valence-electron chi connectivity index (χ0n) is 10.2. The van der Waals surface area contributed by atoms with E-state index in [0.29, 0.717) is 0 Å². The highest BCUT2D eigenvalue weighted by atomic mass is 16.1. The third-order valence-electron chi connectivity index (χ3n) is 3.06. The van der Waals surface area contributed by atoms with Crippen molar-refractivity contribution in [2.24, 2.45) is 0 Å². The smallest absolute Gasteiger partial charge is 0.150 e. The number of rotatable bonds is 3. The van der Waals surface area contributed by atoms with E-state index in [0.717, 1.165) is 23.8 Å². The number of hydrogen-bond acceptors (Lipinski definition) is 1. The summed E-state index contributed by atoms with van der Waals surface area (Å²) in [6.45, 7) is 4.19. The molecule has 0 fully saturated rings. The van der Waals surface area contributed by atoms with Gasteiger partial charge in [-0.15, -0.1) is 0 Å². The fourth-order valence-electron chi connectivity index (χ4n) is 2.00. The highest BCUT2D eigenvalue weighted by Crippen LogP contribution is 2.24. The fraction of sp³-hybridized carbons (Fsp3) is 0.188. The number of benzene rings is 2. The van der Waals surface area contributed by atoms with Crippen LogP contribution in [0.25, 0.3) is 11.1 Å². The third-order valence-corrected chi connectivity index (χ3v) is 3.06. The lowest BCUT2D eigenvalue weighted by Crippen LogP contribution is -1.87. The summed E-state index contributed by atoms with van der Waals surface area (Å²) in [6.07, 6.45) is 1.94. The Hall–Kier alpha value is -1.89. The summed E-state index contributed by atoms with van der Waals surface area (Å²) in [5, 5.41) is 0. The van der Waals surface area contributed by atoms with Gasteiger partial charge in [0.15, 0.2) is 0 Å². The number of aryl methyl sites for hydroxylation is 2. The predicted octanol–water partition coefficient (Wildman–Crippen LogP) is 4.04. The van der Waals surface area contributed by atoms with Crippen LogP contribution in [0.2, 0.25) is 0 Å². The molecule has 1 heteroatoms. The van der Waals surface area contributed by atoms with E-state index in [4.69, 9.17) is 0 Å². The van der Waals surface area contributed by atoms with Gasteiger partial charge in [0, 0.05) is 5.56 Å². The molecule has 0 aliphatic rings. The van der Waals surface area contributed by atoms with Crippen LogP contribution in [0.1, 0.15) is 28.4 Å². The molecule has 0 aromatic heterocycles. The highest BCUT2D eigenvalue weighted by molar-refractivity contribution is 5.78. The van der Waals surface area contributed by atoms with Gasteiger partial charge in [-0.05, 0) is 41.7 Å². The van der Waals surface area contributed by atoms with Crippen molar-refractivity contribution in [1.82, 2.24) is 0 Å². The minimum absolute atomic E-state index is 0.733. The van der Waals surface area contributed by atoms with E-state index < -0.39 is 0 Å². The summed E-state index contributed by atoms with van der Waals surface area (Å²) in [7, 11) is 0. The molecule has 0 unspecified atom stereocenters. The van der Waals surface area contributed by atoms with Gasteiger partial charge < -0.3 is 0 Å². The topological polar surface area (TPSA) is 17.1 Å². The zero-order chi connectivity index (χ0) is 12.3. The van der Waals surface area contributed by atoms with Gasteiger partial charge in [-0.2, -0.15) is 0 Å². The van der Waals surface area contributed by atoms with Crippen LogP contribution in [0.4, 0.5) is 0 Å². The van der Waals surface area contributed by atoms with Crippen molar-refractivity contribution < 1.29 is 4.79 Å². The maximum atomic E-state index is 10.7. The molecule has 0 atom stereocenters. The van der Waals surface area contributed by atoms with E-state index in [1.165, 1.54) is 16.7 Å². The molecule has 86 valence electrons. The van der Waals surface area contributed by atoms with E-state index in [-0.39, 0.29) is 0 Å². The van der Waals surface area contributed by atoms with E-state index in [9.17, 15) is 4.79 Å². The lowest BCUT2D eigenvalue weighted by molar-refractivity contribution is 0.112. The Balaban J connectivity index is 2.41. The Bertz CT molecular complexity index is 524. The molecule has 0 bridgehead atoms. The van der Waals surface area contributed by atoms with Crippen LogP contribution in [0, 0.1) is 6.92 Å². The van der Waals surface area contributed by atoms with Gasteiger partial charge in [-0.25, -0.2) is 0 Å². The zero-order valence-corrected chi connectivity index (χ0v) is 10.2. The quantitative estimate of drug-likeness (QED) is 0.719. The van der Waals surface area contributed by atoms with Crippen molar-refractivity contribution in [3.63, 3.8) is 0 Å². The van der Waals surface area contributed by atoms with Gasteiger partial charge in [-0.3, -0.25) is 4.79 Å². The first-order valence-electron chi connectivity index (χ1n) is 5.89. The van der Waals surface area contributed by atoms with E-state index >= 15 is 0 Å². The third kappa shape index (κ3) is 2.44. The van der Waals surface area contributed by atoms with Crippen molar-refractivity contribution in [2.45, 2.75) is 20.3 Å². The van der Waals surface area contributed by atoms with Crippen LogP contribution in [0.3, 0.4) is 0 Å². The van der Waals surface area contributed by atoms with Crippen molar-refractivity contribution in [2.75, 3.05) is 0 Å². The SMILES string of the molecule is CCc1ccc(-c2ccc(C=O)cc2C)cc1. The van der Waals surface area contributed by atoms with Gasteiger partial charge in [-0.1, -0.05) is 43.3 Å². The monoisotopic (exact) mass is 224 g/mol. The minimum atomic E-state index is 0.733. The van der Waals surface area contributed by atoms with Crippen molar-refractivity contribution in [3.05, 3.63) is 59.2 Å². The first-order valence-corrected chi connectivity index (χ1v) is 5.89. The summed E-state index contributed by atoms with van der Waals surface area (Å²) in [6, 6.07) is 14.4. The Morgan fingerprint density at radius 2 is 1.76 bits per heavy atom. The first-order chi connectivity index (χ1) is 8.24. The lowest BCUT2D eigenvalue weighted by atomic mass is 9.97. The van der Waals surface area contributed by atoms with Gasteiger partial charge in [0.05, 0.1) is 0 Å². The van der Waals surface area contributed by atoms with E-state index in [1.807, 2.05) is 25.1 Å². The highest BCUT2D eigenvalue weighted by Gasteiger charge is 2.02. The van der Waals surface area contributed by atoms with Crippen molar-refractivity contribution >= 4 is 6.29 Å². The minimum Gasteiger partial charge on any atom is -0.298 e. The number of carbonyl (C=O) groups is 1. The standard InChI is InChI=1S/C16H16O/c1-3-13-4-7-15(8-5-13)16-9-6-14(11-17)10-12(16)2/h4-11H,3H2,1-2H3. The average molecular weight is 224 g/mol. The largest absolute Gasteiger partial charge is 0.298 e. The molecule has 17 heavy (non-hydrogen) atoms. The fourth-order valence-corrected chi connectivity index (χ4v) is 2.00. The molecule has 0 aliphatic carbocycles. The molecule has 0 N–H and O–H groups in total. The second kappa shape index (κ2) is 4.96. The molecular formula is C16H16O. The van der Waals surface area contributed by atoms with Crippen LogP contribution in [-0.2, 0) is 6.42 Å². The van der Waals surface area contributed by atoms with Crippen molar-refractivity contribution in [3.8, 4) is 11.1 Å². The second-order valence-corrected chi connectivity index (χ2v) is 4.24. The maximum Gasteiger partial charge on any atom is 0.150 e. The molecule has 0 saturated heterocycles. The number of carbonyl (C=O) groups excluding carboxylic acids is 1.